The van der Waals surface area contributed by atoms with E-state index in [1.54, 1.807) is 6.92 Å². The number of aryl methyl sites for hydroxylation is 1. The molecule has 0 aliphatic rings. The van der Waals surface area contributed by atoms with Crippen LogP contribution >= 0.6 is 0 Å². The third-order valence-electron chi connectivity index (χ3n) is 2.00. The first-order valence-corrected chi connectivity index (χ1v) is 4.59. The first-order chi connectivity index (χ1) is 7.66. The van der Waals surface area contributed by atoms with Crippen LogP contribution in [0.3, 0.4) is 0 Å². The van der Waals surface area contributed by atoms with Crippen molar-refractivity contribution in [3.05, 3.63) is 35.7 Å². The molecule has 1 aromatic carbocycles. The molecule has 4 nitrogen and oxygen atoms in total. The predicted octanol–water partition coefficient (Wildman–Crippen LogP) is 2.18. The minimum absolute atomic E-state index is 0.0308. The number of halogens is 2. The van der Waals surface area contributed by atoms with Gasteiger partial charge in [-0.05, 0) is 6.92 Å². The molecule has 16 heavy (non-hydrogen) atoms. The highest BCUT2D eigenvalue weighted by atomic mass is 19.3. The summed E-state index contributed by atoms with van der Waals surface area (Å²) in [5.41, 5.74) is 0.584. The quantitative estimate of drug-likeness (QED) is 0.781. The van der Waals surface area contributed by atoms with Gasteiger partial charge in [0.25, 0.3) is 6.43 Å². The molecule has 0 saturated heterocycles. The number of nitrogens with zero attached hydrogens (tertiary/aromatic N) is 4. The van der Waals surface area contributed by atoms with E-state index in [2.05, 4.69) is 20.4 Å². The van der Waals surface area contributed by atoms with Gasteiger partial charge in [-0.25, -0.2) is 8.78 Å². The average Bonchev–Trinajstić information content (AvgIpc) is 2.30. The second-order valence-corrected chi connectivity index (χ2v) is 3.19. The summed E-state index contributed by atoms with van der Waals surface area (Å²) in [6.45, 7) is 1.67. The fraction of sp³-hybridized carbons (Fsp3) is 0.200. The van der Waals surface area contributed by atoms with E-state index in [0.29, 0.717) is 17.2 Å². The van der Waals surface area contributed by atoms with E-state index in [1.807, 2.05) is 0 Å². The summed E-state index contributed by atoms with van der Waals surface area (Å²) in [6, 6.07) is 5.72. The lowest BCUT2D eigenvalue weighted by Gasteiger charge is -2.01. The summed E-state index contributed by atoms with van der Waals surface area (Å²) < 4.78 is 24.6. The fourth-order valence-corrected chi connectivity index (χ4v) is 1.17. The van der Waals surface area contributed by atoms with Crippen LogP contribution in [0, 0.1) is 6.92 Å². The molecule has 1 heterocycles. The molecule has 0 fully saturated rings. The van der Waals surface area contributed by atoms with E-state index in [-0.39, 0.29) is 5.56 Å². The smallest absolute Gasteiger partial charge is 0.205 e. The van der Waals surface area contributed by atoms with E-state index in [0.717, 1.165) is 0 Å². The number of aromatic nitrogens is 4. The summed E-state index contributed by atoms with van der Waals surface area (Å²) in [4.78, 5) is 0. The Kier molecular flexibility index (Phi) is 2.80. The molecule has 0 bridgehead atoms. The number of alkyl halides is 2. The van der Waals surface area contributed by atoms with Gasteiger partial charge in [0.05, 0.1) is 0 Å². The standard InChI is InChI=1S/C10H8F2N4/c1-6-13-15-10(16-14-6)8-4-2-7(3-5-8)9(11)12/h2-5,9H,1H3. The lowest BCUT2D eigenvalue weighted by Crippen LogP contribution is -1.98. The Morgan fingerprint density at radius 1 is 0.938 bits per heavy atom. The molecule has 0 amide bonds. The molecule has 0 aliphatic carbocycles. The Morgan fingerprint density at radius 2 is 1.50 bits per heavy atom. The first-order valence-electron chi connectivity index (χ1n) is 4.59. The van der Waals surface area contributed by atoms with Crippen molar-refractivity contribution in [1.82, 2.24) is 20.4 Å². The molecular weight excluding hydrogens is 214 g/mol. The van der Waals surface area contributed by atoms with Gasteiger partial charge in [0.1, 0.15) is 0 Å². The summed E-state index contributed by atoms with van der Waals surface area (Å²) in [7, 11) is 0. The molecule has 0 radical (unpaired) electrons. The zero-order valence-electron chi connectivity index (χ0n) is 8.43. The van der Waals surface area contributed by atoms with Gasteiger partial charge in [-0.1, -0.05) is 24.3 Å². The highest BCUT2D eigenvalue weighted by molar-refractivity contribution is 5.54. The van der Waals surface area contributed by atoms with Crippen LogP contribution in [-0.2, 0) is 0 Å². The van der Waals surface area contributed by atoms with E-state index < -0.39 is 6.43 Å². The van der Waals surface area contributed by atoms with Crippen LogP contribution in [0.2, 0.25) is 0 Å². The molecule has 0 aliphatic heterocycles. The largest absolute Gasteiger partial charge is 0.263 e. The maximum absolute atomic E-state index is 12.3. The lowest BCUT2D eigenvalue weighted by molar-refractivity contribution is 0.151. The van der Waals surface area contributed by atoms with Gasteiger partial charge in [-0.15, -0.1) is 20.4 Å². The SMILES string of the molecule is Cc1nnc(-c2ccc(C(F)F)cc2)nn1. The van der Waals surface area contributed by atoms with Gasteiger partial charge in [0, 0.05) is 11.1 Å². The molecule has 0 unspecified atom stereocenters. The minimum Gasteiger partial charge on any atom is -0.205 e. The molecule has 2 aromatic rings. The number of rotatable bonds is 2. The van der Waals surface area contributed by atoms with Gasteiger partial charge in [-0.2, -0.15) is 0 Å². The Balaban J connectivity index is 2.31. The van der Waals surface area contributed by atoms with Crippen molar-refractivity contribution in [3.63, 3.8) is 0 Å². The van der Waals surface area contributed by atoms with E-state index >= 15 is 0 Å². The Bertz CT molecular complexity index is 467. The van der Waals surface area contributed by atoms with Crippen LogP contribution in [0.5, 0.6) is 0 Å². The van der Waals surface area contributed by atoms with Gasteiger partial charge < -0.3 is 0 Å². The van der Waals surface area contributed by atoms with Gasteiger partial charge >= 0.3 is 0 Å². The highest BCUT2D eigenvalue weighted by Crippen LogP contribution is 2.21. The fourth-order valence-electron chi connectivity index (χ4n) is 1.17. The minimum atomic E-state index is -2.47. The Labute approximate surface area is 90.4 Å². The van der Waals surface area contributed by atoms with Crippen molar-refractivity contribution in [2.24, 2.45) is 0 Å². The lowest BCUT2D eigenvalue weighted by atomic mass is 10.1. The van der Waals surface area contributed by atoms with Crippen LogP contribution in [0.1, 0.15) is 17.8 Å². The average molecular weight is 222 g/mol. The first kappa shape index (κ1) is 10.5. The van der Waals surface area contributed by atoms with Crippen LogP contribution in [-0.4, -0.2) is 20.4 Å². The van der Waals surface area contributed by atoms with Gasteiger partial charge in [0.2, 0.25) is 5.82 Å². The Hall–Kier alpha value is -1.98. The normalized spacial score (nSPS) is 10.8. The molecule has 0 spiro atoms. The molecule has 0 atom stereocenters. The van der Waals surface area contributed by atoms with Crippen molar-refractivity contribution < 1.29 is 8.78 Å². The molecule has 82 valence electrons. The molecule has 2 rings (SSSR count). The third-order valence-corrected chi connectivity index (χ3v) is 2.00. The molecular formula is C10H8F2N4. The molecule has 0 saturated carbocycles. The summed E-state index contributed by atoms with van der Waals surface area (Å²) >= 11 is 0. The zero-order chi connectivity index (χ0) is 11.5. The van der Waals surface area contributed by atoms with Crippen molar-refractivity contribution >= 4 is 0 Å². The maximum atomic E-state index is 12.3. The van der Waals surface area contributed by atoms with Crippen molar-refractivity contribution in [2.75, 3.05) is 0 Å². The third kappa shape index (κ3) is 2.16. The second-order valence-electron chi connectivity index (χ2n) is 3.19. The van der Waals surface area contributed by atoms with E-state index in [4.69, 9.17) is 0 Å². The van der Waals surface area contributed by atoms with Crippen LogP contribution in [0.15, 0.2) is 24.3 Å². The number of hydrogen-bond acceptors (Lipinski definition) is 4. The molecule has 6 heteroatoms. The van der Waals surface area contributed by atoms with E-state index in [1.165, 1.54) is 24.3 Å². The van der Waals surface area contributed by atoms with E-state index in [9.17, 15) is 8.78 Å². The predicted molar refractivity (Wildman–Crippen MR) is 52.8 cm³/mol. The molecule has 1 aromatic heterocycles. The van der Waals surface area contributed by atoms with Gasteiger partial charge in [0.15, 0.2) is 5.82 Å². The van der Waals surface area contributed by atoms with Crippen molar-refractivity contribution in [2.45, 2.75) is 13.3 Å². The summed E-state index contributed by atoms with van der Waals surface area (Å²) in [5.74, 6) is 0.791. The van der Waals surface area contributed by atoms with Crippen molar-refractivity contribution in [1.29, 1.82) is 0 Å². The topological polar surface area (TPSA) is 51.6 Å². The van der Waals surface area contributed by atoms with Crippen LogP contribution in [0.25, 0.3) is 11.4 Å². The van der Waals surface area contributed by atoms with Crippen LogP contribution in [0.4, 0.5) is 8.78 Å². The number of hydrogen-bond donors (Lipinski definition) is 0. The number of benzene rings is 1. The second kappa shape index (κ2) is 4.26. The van der Waals surface area contributed by atoms with Gasteiger partial charge in [-0.3, -0.25) is 0 Å². The Morgan fingerprint density at radius 3 is 2.00 bits per heavy atom. The summed E-state index contributed by atoms with van der Waals surface area (Å²) in [6.07, 6.45) is -2.47. The van der Waals surface area contributed by atoms with Crippen molar-refractivity contribution in [3.8, 4) is 11.4 Å². The molecule has 0 N–H and O–H groups in total. The monoisotopic (exact) mass is 222 g/mol. The highest BCUT2D eigenvalue weighted by Gasteiger charge is 2.08. The van der Waals surface area contributed by atoms with Crippen LogP contribution < -0.4 is 0 Å². The zero-order valence-corrected chi connectivity index (χ0v) is 8.43. The maximum Gasteiger partial charge on any atom is 0.263 e. The summed E-state index contributed by atoms with van der Waals surface area (Å²) in [5, 5.41) is 15.1.